The average molecular weight is 484 g/mol. The molecule has 2 atom stereocenters. The lowest BCUT2D eigenvalue weighted by Gasteiger charge is -2.41. The lowest BCUT2D eigenvalue weighted by Crippen LogP contribution is -2.50. The van der Waals surface area contributed by atoms with Crippen molar-refractivity contribution in [1.82, 2.24) is 19.9 Å². The minimum Gasteiger partial charge on any atom is -0.381 e. The third kappa shape index (κ3) is 4.26. The van der Waals surface area contributed by atoms with E-state index in [-0.39, 0.29) is 17.6 Å². The van der Waals surface area contributed by atoms with Crippen LogP contribution in [0.1, 0.15) is 19.8 Å². The molecule has 3 aromatic rings. The molecule has 0 unspecified atom stereocenters. The lowest BCUT2D eigenvalue weighted by molar-refractivity contribution is 0.0974. The summed E-state index contributed by atoms with van der Waals surface area (Å²) in [7, 11) is 0. The summed E-state index contributed by atoms with van der Waals surface area (Å²) >= 11 is 8.06. The Hall–Kier alpha value is -2.46. The predicted molar refractivity (Wildman–Crippen MR) is 130 cm³/mol. The average Bonchev–Trinajstić information content (AvgIpc) is 3.11. The Labute approximate surface area is 202 Å². The van der Waals surface area contributed by atoms with Gasteiger partial charge in [0.25, 0.3) is 0 Å². The fourth-order valence-corrected chi connectivity index (χ4v) is 5.75. The number of hydrogen-bond donors (Lipinski definition) is 2. The van der Waals surface area contributed by atoms with E-state index in [9.17, 15) is 0 Å². The van der Waals surface area contributed by atoms with Gasteiger partial charge >= 0.3 is 0 Å². The number of nitrogen functional groups attached to an aromatic ring is 1. The summed E-state index contributed by atoms with van der Waals surface area (Å²) in [5.74, 6) is 1.17. The molecule has 2 aliphatic rings. The summed E-state index contributed by atoms with van der Waals surface area (Å²) in [5, 5.41) is 1.20. The van der Waals surface area contributed by atoms with Gasteiger partial charge in [0.2, 0.25) is 0 Å². The number of piperidine rings is 1. The Morgan fingerprint density at radius 1 is 1.18 bits per heavy atom. The van der Waals surface area contributed by atoms with Crippen LogP contribution in [-0.4, -0.2) is 51.8 Å². The number of ether oxygens (including phenoxy) is 1. The Morgan fingerprint density at radius 2 is 2.00 bits per heavy atom. The molecule has 0 saturated carbocycles. The summed E-state index contributed by atoms with van der Waals surface area (Å²) in [6.45, 7) is 4.51. The van der Waals surface area contributed by atoms with Crippen LogP contribution in [-0.2, 0) is 4.74 Å². The number of nitrogens with two attached hydrogens (primary N) is 2. The van der Waals surface area contributed by atoms with Crippen molar-refractivity contribution in [3.8, 4) is 11.3 Å². The molecule has 0 aliphatic carbocycles. The van der Waals surface area contributed by atoms with Crippen LogP contribution in [0.4, 0.5) is 11.6 Å². The first-order valence-electron chi connectivity index (χ1n) is 10.9. The molecule has 8 nitrogen and oxygen atoms in total. The molecule has 10 heteroatoms. The lowest BCUT2D eigenvalue weighted by atomic mass is 9.73. The molecule has 33 heavy (non-hydrogen) atoms. The first-order valence-corrected chi connectivity index (χ1v) is 12.1. The van der Waals surface area contributed by atoms with Gasteiger partial charge in [0.05, 0.1) is 35.8 Å². The third-order valence-electron chi connectivity index (χ3n) is 6.69. The molecular weight excluding hydrogens is 458 g/mol. The normalized spacial score (nSPS) is 22.1. The standard InChI is InChI=1S/C23H26ClN7OS/c1-14-20(25)23(13-32-14)5-9-31(10-6-23)18-12-29-22(21(26)30-18)33-17-4-2-3-15(19(17)24)16-11-27-7-8-28-16/h2-4,7-8,11-12,14,20H,5-6,9-10,13,25H2,1H3,(H2,26,30)/t14-,20+/m0/s1. The van der Waals surface area contributed by atoms with E-state index < -0.39 is 0 Å². The van der Waals surface area contributed by atoms with Gasteiger partial charge in [-0.05, 0) is 25.8 Å². The molecule has 0 amide bonds. The van der Waals surface area contributed by atoms with Crippen molar-refractivity contribution in [3.63, 3.8) is 0 Å². The Kier molecular flexibility index (Phi) is 6.13. The van der Waals surface area contributed by atoms with Crippen LogP contribution in [0, 0.1) is 5.41 Å². The summed E-state index contributed by atoms with van der Waals surface area (Å²) < 4.78 is 5.82. The van der Waals surface area contributed by atoms with Gasteiger partial charge in [0.15, 0.2) is 5.82 Å². The van der Waals surface area contributed by atoms with Crippen LogP contribution in [0.3, 0.4) is 0 Å². The van der Waals surface area contributed by atoms with Gasteiger partial charge in [-0.15, -0.1) is 0 Å². The molecule has 2 saturated heterocycles. The number of hydrogen-bond acceptors (Lipinski definition) is 9. The maximum atomic E-state index is 6.67. The first-order chi connectivity index (χ1) is 16.0. The first kappa shape index (κ1) is 22.3. The summed E-state index contributed by atoms with van der Waals surface area (Å²) in [6, 6.07) is 5.86. The summed E-state index contributed by atoms with van der Waals surface area (Å²) in [6.07, 6.45) is 8.80. The van der Waals surface area contributed by atoms with E-state index in [1.165, 1.54) is 11.8 Å². The highest BCUT2D eigenvalue weighted by atomic mass is 35.5. The molecule has 2 aromatic heterocycles. The zero-order chi connectivity index (χ0) is 23.0. The van der Waals surface area contributed by atoms with Crippen molar-refractivity contribution in [3.05, 3.63) is 48.0 Å². The van der Waals surface area contributed by atoms with Crippen molar-refractivity contribution in [2.75, 3.05) is 30.3 Å². The zero-order valence-corrected chi connectivity index (χ0v) is 19.9. The number of benzene rings is 1. The molecular formula is C23H26ClN7OS. The van der Waals surface area contributed by atoms with Crippen LogP contribution < -0.4 is 16.4 Å². The van der Waals surface area contributed by atoms with Crippen molar-refractivity contribution in [2.45, 2.75) is 41.8 Å². The number of anilines is 2. The molecule has 2 fully saturated rings. The number of halogens is 1. The van der Waals surface area contributed by atoms with Gasteiger partial charge < -0.3 is 21.1 Å². The van der Waals surface area contributed by atoms with Crippen molar-refractivity contribution in [2.24, 2.45) is 11.1 Å². The smallest absolute Gasteiger partial charge is 0.158 e. The second kappa shape index (κ2) is 9.06. The van der Waals surface area contributed by atoms with Crippen molar-refractivity contribution >= 4 is 35.0 Å². The second-order valence-corrected chi connectivity index (χ2v) is 10.0. The largest absolute Gasteiger partial charge is 0.381 e. The maximum absolute atomic E-state index is 6.67. The van der Waals surface area contributed by atoms with E-state index in [2.05, 4.69) is 31.8 Å². The highest BCUT2D eigenvalue weighted by Crippen LogP contribution is 2.42. The molecule has 0 bridgehead atoms. The van der Waals surface area contributed by atoms with Crippen LogP contribution in [0.25, 0.3) is 11.3 Å². The molecule has 5 rings (SSSR count). The summed E-state index contributed by atoms with van der Waals surface area (Å²) in [5.41, 5.74) is 14.3. The van der Waals surface area contributed by atoms with Crippen LogP contribution >= 0.6 is 23.4 Å². The number of rotatable bonds is 4. The maximum Gasteiger partial charge on any atom is 0.158 e. The molecule has 4 N–H and O–H groups in total. The highest BCUT2D eigenvalue weighted by Gasteiger charge is 2.47. The van der Waals surface area contributed by atoms with E-state index in [1.54, 1.807) is 24.8 Å². The quantitative estimate of drug-likeness (QED) is 0.573. The van der Waals surface area contributed by atoms with Gasteiger partial charge in [0.1, 0.15) is 10.8 Å². The number of nitrogens with zero attached hydrogens (tertiary/aromatic N) is 5. The van der Waals surface area contributed by atoms with Gasteiger partial charge in [0, 0.05) is 47.4 Å². The molecule has 4 heterocycles. The van der Waals surface area contributed by atoms with E-state index in [1.807, 2.05) is 18.2 Å². The third-order valence-corrected chi connectivity index (χ3v) is 8.28. The Morgan fingerprint density at radius 3 is 2.67 bits per heavy atom. The van der Waals surface area contributed by atoms with Gasteiger partial charge in [-0.3, -0.25) is 9.97 Å². The fraction of sp³-hybridized carbons (Fsp3) is 0.391. The SMILES string of the molecule is C[C@@H]1OCC2(CCN(c3cnc(Sc4cccc(-c5cnccn5)c4Cl)c(N)n3)CC2)[C@@H]1N. The summed E-state index contributed by atoms with van der Waals surface area (Å²) in [4.78, 5) is 20.8. The molecule has 172 valence electrons. The molecule has 0 radical (unpaired) electrons. The van der Waals surface area contributed by atoms with Crippen LogP contribution in [0.2, 0.25) is 5.02 Å². The Balaban J connectivity index is 1.31. The number of aromatic nitrogens is 4. The molecule has 2 aliphatic heterocycles. The fourth-order valence-electron chi connectivity index (χ4n) is 4.60. The van der Waals surface area contributed by atoms with E-state index in [0.717, 1.165) is 48.8 Å². The molecule has 1 aromatic carbocycles. The highest BCUT2D eigenvalue weighted by molar-refractivity contribution is 7.99. The predicted octanol–water partition coefficient (Wildman–Crippen LogP) is 3.65. The van der Waals surface area contributed by atoms with Crippen molar-refractivity contribution < 1.29 is 4.74 Å². The van der Waals surface area contributed by atoms with Crippen LogP contribution in [0.15, 0.2) is 52.9 Å². The van der Waals surface area contributed by atoms with E-state index in [4.69, 9.17) is 27.8 Å². The zero-order valence-electron chi connectivity index (χ0n) is 18.3. The van der Waals surface area contributed by atoms with E-state index >= 15 is 0 Å². The monoisotopic (exact) mass is 483 g/mol. The molecule has 1 spiro atoms. The minimum atomic E-state index is 0.0651. The van der Waals surface area contributed by atoms with Crippen LogP contribution in [0.5, 0.6) is 0 Å². The second-order valence-electron chi connectivity index (χ2n) is 8.62. The van der Waals surface area contributed by atoms with Crippen molar-refractivity contribution in [1.29, 1.82) is 0 Å². The van der Waals surface area contributed by atoms with Gasteiger partial charge in [-0.2, -0.15) is 0 Å². The minimum absolute atomic E-state index is 0.0651. The Bertz CT molecular complexity index is 1140. The topological polar surface area (TPSA) is 116 Å². The van der Waals surface area contributed by atoms with Gasteiger partial charge in [-0.25, -0.2) is 9.97 Å². The van der Waals surface area contributed by atoms with Gasteiger partial charge in [-0.1, -0.05) is 35.5 Å². The van der Waals surface area contributed by atoms with E-state index in [0.29, 0.717) is 21.6 Å².